The fourth-order valence-electron chi connectivity index (χ4n) is 1.95. The molecule has 0 spiro atoms. The number of esters is 1. The first-order chi connectivity index (χ1) is 7.13. The zero-order valence-electron chi connectivity index (χ0n) is 9.16. The van der Waals surface area contributed by atoms with E-state index in [1.165, 1.54) is 0 Å². The summed E-state index contributed by atoms with van der Waals surface area (Å²) in [6.45, 7) is 3.94. The van der Waals surface area contributed by atoms with Crippen LogP contribution in [0.2, 0.25) is 0 Å². The van der Waals surface area contributed by atoms with Crippen molar-refractivity contribution in [1.29, 1.82) is 0 Å². The molecule has 0 aliphatic carbocycles. The van der Waals surface area contributed by atoms with Gasteiger partial charge in [0.05, 0.1) is 13.5 Å². The topological polar surface area (TPSA) is 35.5 Å². The second-order valence-corrected chi connectivity index (χ2v) is 3.89. The van der Waals surface area contributed by atoms with Crippen molar-refractivity contribution in [2.45, 2.75) is 26.2 Å². The fraction of sp³-hybridized carbons (Fsp3) is 0.417. The van der Waals surface area contributed by atoms with Gasteiger partial charge in [-0.2, -0.15) is 0 Å². The summed E-state index contributed by atoms with van der Waals surface area (Å²) in [6.07, 6.45) is 0.457. The van der Waals surface area contributed by atoms with Crippen LogP contribution in [-0.4, -0.2) is 13.1 Å². The number of carbonyl (C=O) groups is 1. The van der Waals surface area contributed by atoms with Crippen molar-refractivity contribution in [2.75, 3.05) is 7.11 Å². The number of rotatable bonds is 1. The van der Waals surface area contributed by atoms with E-state index in [9.17, 15) is 4.79 Å². The molecule has 1 aliphatic rings. The summed E-state index contributed by atoms with van der Waals surface area (Å²) >= 11 is 0. The number of methoxy groups -OCH3 is 1. The van der Waals surface area contributed by atoms with Crippen LogP contribution < -0.4 is 9.47 Å². The fourth-order valence-corrected chi connectivity index (χ4v) is 1.95. The van der Waals surface area contributed by atoms with Gasteiger partial charge in [-0.05, 0) is 24.5 Å². The lowest BCUT2D eigenvalue weighted by atomic mass is 9.92. The molecule has 2 rings (SSSR count). The number of carbonyl (C=O) groups excluding carboxylic acids is 1. The first kappa shape index (κ1) is 10.0. The molecule has 0 fully saturated rings. The molecule has 0 saturated heterocycles. The third kappa shape index (κ3) is 1.58. The Kier molecular flexibility index (Phi) is 2.39. The zero-order valence-corrected chi connectivity index (χ0v) is 9.16. The van der Waals surface area contributed by atoms with E-state index in [1.54, 1.807) is 7.11 Å². The van der Waals surface area contributed by atoms with Gasteiger partial charge in [-0.3, -0.25) is 4.79 Å². The maximum atomic E-state index is 11.3. The lowest BCUT2D eigenvalue weighted by molar-refractivity contribution is -0.135. The van der Waals surface area contributed by atoms with Gasteiger partial charge in [0.1, 0.15) is 11.5 Å². The number of hydrogen-bond acceptors (Lipinski definition) is 3. The molecule has 1 aromatic rings. The highest BCUT2D eigenvalue weighted by atomic mass is 16.5. The van der Waals surface area contributed by atoms with E-state index in [4.69, 9.17) is 9.47 Å². The summed E-state index contributed by atoms with van der Waals surface area (Å²) in [5.41, 5.74) is 1.99. The smallest absolute Gasteiger partial charge is 0.311 e. The van der Waals surface area contributed by atoms with Gasteiger partial charge in [-0.15, -0.1) is 0 Å². The highest BCUT2D eigenvalue weighted by Crippen LogP contribution is 2.39. The van der Waals surface area contributed by atoms with Gasteiger partial charge in [0.15, 0.2) is 0 Å². The molecule has 0 bridgehead atoms. The Labute approximate surface area is 89.0 Å². The van der Waals surface area contributed by atoms with Gasteiger partial charge in [0.25, 0.3) is 0 Å². The predicted octanol–water partition coefficient (Wildman–Crippen LogP) is 2.42. The molecule has 0 saturated carbocycles. The minimum atomic E-state index is -0.161. The maximum absolute atomic E-state index is 11.3. The van der Waals surface area contributed by atoms with Crippen LogP contribution >= 0.6 is 0 Å². The van der Waals surface area contributed by atoms with E-state index in [0.717, 1.165) is 16.9 Å². The minimum absolute atomic E-state index is 0.161. The van der Waals surface area contributed by atoms with Crippen LogP contribution in [0.4, 0.5) is 0 Å². The van der Waals surface area contributed by atoms with Crippen LogP contribution in [0.3, 0.4) is 0 Å². The Bertz CT molecular complexity index is 410. The molecule has 0 amide bonds. The molecule has 0 radical (unpaired) electrons. The predicted molar refractivity (Wildman–Crippen MR) is 56.4 cm³/mol. The Hall–Kier alpha value is -1.51. The molecular formula is C12H14O3. The third-order valence-electron chi connectivity index (χ3n) is 2.83. The maximum Gasteiger partial charge on any atom is 0.311 e. The van der Waals surface area contributed by atoms with Crippen molar-refractivity contribution < 1.29 is 14.3 Å². The van der Waals surface area contributed by atoms with E-state index < -0.39 is 0 Å². The Morgan fingerprint density at radius 3 is 2.87 bits per heavy atom. The van der Waals surface area contributed by atoms with Gasteiger partial charge in [0.2, 0.25) is 0 Å². The van der Waals surface area contributed by atoms with Gasteiger partial charge in [-0.1, -0.05) is 13.0 Å². The third-order valence-corrected chi connectivity index (χ3v) is 2.83. The molecular weight excluding hydrogens is 192 g/mol. The monoisotopic (exact) mass is 206 g/mol. The molecule has 1 aromatic carbocycles. The van der Waals surface area contributed by atoms with Crippen molar-refractivity contribution in [3.63, 3.8) is 0 Å². The second kappa shape index (κ2) is 3.57. The largest absolute Gasteiger partial charge is 0.496 e. The second-order valence-electron chi connectivity index (χ2n) is 3.89. The van der Waals surface area contributed by atoms with Gasteiger partial charge in [-0.25, -0.2) is 0 Å². The molecule has 1 unspecified atom stereocenters. The quantitative estimate of drug-likeness (QED) is 0.523. The zero-order chi connectivity index (χ0) is 11.0. The van der Waals surface area contributed by atoms with E-state index in [0.29, 0.717) is 12.2 Å². The minimum Gasteiger partial charge on any atom is -0.496 e. The number of benzene rings is 1. The van der Waals surface area contributed by atoms with Crippen molar-refractivity contribution in [1.82, 2.24) is 0 Å². The van der Waals surface area contributed by atoms with Crippen molar-refractivity contribution in [3.8, 4) is 11.5 Å². The lowest BCUT2D eigenvalue weighted by Gasteiger charge is -2.23. The summed E-state index contributed by atoms with van der Waals surface area (Å²) < 4.78 is 10.4. The summed E-state index contributed by atoms with van der Waals surface area (Å²) in [7, 11) is 1.61. The molecule has 1 heterocycles. The molecule has 3 heteroatoms. The lowest BCUT2D eigenvalue weighted by Crippen LogP contribution is -2.19. The standard InChI is InChI=1S/C12H14O3/c1-7-6-11(13)15-12-8(2)10(14-3)5-4-9(7)12/h4-5,7H,6H2,1-3H3. The van der Waals surface area contributed by atoms with Crippen LogP contribution in [0.1, 0.15) is 30.4 Å². The van der Waals surface area contributed by atoms with E-state index in [2.05, 4.69) is 0 Å². The Morgan fingerprint density at radius 2 is 2.20 bits per heavy atom. The normalized spacial score (nSPS) is 19.4. The van der Waals surface area contributed by atoms with Crippen LogP contribution in [-0.2, 0) is 4.79 Å². The van der Waals surface area contributed by atoms with Gasteiger partial charge < -0.3 is 9.47 Å². The summed E-state index contributed by atoms with van der Waals surface area (Å²) in [5.74, 6) is 1.51. The summed E-state index contributed by atoms with van der Waals surface area (Å²) in [6, 6.07) is 3.89. The Balaban J connectivity index is 2.55. The highest BCUT2D eigenvalue weighted by molar-refractivity contribution is 5.77. The molecule has 80 valence electrons. The number of hydrogen-bond donors (Lipinski definition) is 0. The van der Waals surface area contributed by atoms with Crippen molar-refractivity contribution in [2.24, 2.45) is 0 Å². The molecule has 1 aliphatic heterocycles. The SMILES string of the molecule is COc1ccc2c(c1C)OC(=O)CC2C. The van der Waals surface area contributed by atoms with Gasteiger partial charge >= 0.3 is 5.97 Å². The summed E-state index contributed by atoms with van der Waals surface area (Å²) in [5, 5.41) is 0. The Morgan fingerprint density at radius 1 is 1.47 bits per heavy atom. The van der Waals surface area contributed by atoms with Crippen LogP contribution in [0.15, 0.2) is 12.1 Å². The number of fused-ring (bicyclic) bond motifs is 1. The average molecular weight is 206 g/mol. The first-order valence-electron chi connectivity index (χ1n) is 5.01. The van der Waals surface area contributed by atoms with Crippen molar-refractivity contribution >= 4 is 5.97 Å². The first-order valence-corrected chi connectivity index (χ1v) is 5.01. The molecule has 3 nitrogen and oxygen atoms in total. The summed E-state index contributed by atoms with van der Waals surface area (Å²) in [4.78, 5) is 11.3. The van der Waals surface area contributed by atoms with Crippen LogP contribution in [0.25, 0.3) is 0 Å². The molecule has 1 atom stereocenters. The van der Waals surface area contributed by atoms with Gasteiger partial charge in [0, 0.05) is 5.56 Å². The van der Waals surface area contributed by atoms with E-state index in [-0.39, 0.29) is 11.9 Å². The number of ether oxygens (including phenoxy) is 2. The molecule has 0 N–H and O–H groups in total. The highest BCUT2D eigenvalue weighted by Gasteiger charge is 2.26. The molecule has 15 heavy (non-hydrogen) atoms. The van der Waals surface area contributed by atoms with Crippen LogP contribution in [0, 0.1) is 6.92 Å². The van der Waals surface area contributed by atoms with Crippen molar-refractivity contribution in [3.05, 3.63) is 23.3 Å². The van der Waals surface area contributed by atoms with E-state index in [1.807, 2.05) is 26.0 Å². The molecule has 0 aromatic heterocycles. The average Bonchev–Trinajstić information content (AvgIpc) is 2.19. The van der Waals surface area contributed by atoms with Crippen LogP contribution in [0.5, 0.6) is 11.5 Å². The van der Waals surface area contributed by atoms with E-state index >= 15 is 0 Å².